The first kappa shape index (κ1) is 16.7. The molecule has 1 fully saturated rings. The Labute approximate surface area is 128 Å². The molecule has 0 bridgehead atoms. The van der Waals surface area contributed by atoms with Crippen LogP contribution < -0.4 is 5.32 Å². The molecule has 0 aliphatic heterocycles. The number of aromatic nitrogens is 1. The van der Waals surface area contributed by atoms with Gasteiger partial charge in [0.05, 0.1) is 0 Å². The molecule has 1 atom stereocenters. The van der Waals surface area contributed by atoms with Crippen molar-refractivity contribution < 1.29 is 13.2 Å². The van der Waals surface area contributed by atoms with E-state index < -0.39 is 11.2 Å². The summed E-state index contributed by atoms with van der Waals surface area (Å²) < 4.78 is 38.3. The molecule has 0 spiro atoms. The molecule has 1 unspecified atom stereocenters. The van der Waals surface area contributed by atoms with E-state index in [1.54, 1.807) is 0 Å². The minimum absolute atomic E-state index is 0.0219. The van der Waals surface area contributed by atoms with E-state index >= 15 is 0 Å². The second kappa shape index (κ2) is 6.65. The maximum absolute atomic E-state index is 12.8. The highest BCUT2D eigenvalue weighted by Gasteiger charge is 2.40. The Hall–Kier alpha value is -0.620. The molecule has 1 heterocycles. The third-order valence-corrected chi connectivity index (χ3v) is 5.45. The number of thiazole rings is 1. The van der Waals surface area contributed by atoms with Crippen LogP contribution in [0.4, 0.5) is 13.2 Å². The molecule has 0 saturated heterocycles. The average Bonchev–Trinajstić information content (AvgIpc) is 2.89. The predicted molar refractivity (Wildman–Crippen MR) is 79.3 cm³/mol. The van der Waals surface area contributed by atoms with Crippen molar-refractivity contribution >= 4 is 11.3 Å². The zero-order chi connectivity index (χ0) is 15.5. The minimum Gasteiger partial charge on any atom is -0.309 e. The van der Waals surface area contributed by atoms with Crippen LogP contribution >= 0.6 is 11.3 Å². The molecule has 1 saturated carbocycles. The van der Waals surface area contributed by atoms with Crippen LogP contribution in [0.25, 0.3) is 0 Å². The molecular weight excluding hydrogens is 297 g/mol. The lowest BCUT2D eigenvalue weighted by molar-refractivity contribution is -0.137. The molecule has 1 aliphatic rings. The van der Waals surface area contributed by atoms with Gasteiger partial charge in [0.15, 0.2) is 5.01 Å². The van der Waals surface area contributed by atoms with Crippen molar-refractivity contribution in [3.8, 4) is 0 Å². The lowest BCUT2D eigenvalue weighted by atomic mass is 9.70. The number of hydrogen-bond acceptors (Lipinski definition) is 3. The van der Waals surface area contributed by atoms with Crippen molar-refractivity contribution in [3.63, 3.8) is 0 Å². The van der Waals surface area contributed by atoms with E-state index in [4.69, 9.17) is 0 Å². The van der Waals surface area contributed by atoms with Crippen molar-refractivity contribution in [1.82, 2.24) is 10.3 Å². The fourth-order valence-electron chi connectivity index (χ4n) is 3.18. The van der Waals surface area contributed by atoms with Crippen LogP contribution in [-0.2, 0) is 6.18 Å². The van der Waals surface area contributed by atoms with Gasteiger partial charge < -0.3 is 5.32 Å². The van der Waals surface area contributed by atoms with Crippen molar-refractivity contribution in [2.75, 3.05) is 6.54 Å². The molecule has 120 valence electrons. The summed E-state index contributed by atoms with van der Waals surface area (Å²) in [5.41, 5.74) is 0.0306. The zero-order valence-electron chi connectivity index (χ0n) is 12.6. The maximum Gasteiger partial charge on any atom is 0.443 e. The lowest BCUT2D eigenvalue weighted by Crippen LogP contribution is -2.37. The van der Waals surface area contributed by atoms with Crippen molar-refractivity contribution in [2.24, 2.45) is 5.41 Å². The third kappa shape index (κ3) is 3.97. The lowest BCUT2D eigenvalue weighted by Gasteiger charge is -2.40. The van der Waals surface area contributed by atoms with Crippen LogP contribution in [0.15, 0.2) is 6.20 Å². The van der Waals surface area contributed by atoms with Crippen LogP contribution in [0, 0.1) is 5.41 Å². The Morgan fingerprint density at radius 2 is 2.00 bits per heavy atom. The fraction of sp³-hybridized carbons (Fsp3) is 0.800. The van der Waals surface area contributed by atoms with Gasteiger partial charge in [0.25, 0.3) is 0 Å². The number of hydrogen-bond donors (Lipinski definition) is 1. The smallest absolute Gasteiger partial charge is 0.309 e. The van der Waals surface area contributed by atoms with E-state index in [9.17, 15) is 13.2 Å². The first-order valence-electron chi connectivity index (χ1n) is 7.63. The Morgan fingerprint density at radius 3 is 2.52 bits per heavy atom. The molecule has 0 radical (unpaired) electrons. The molecule has 0 aromatic carbocycles. The summed E-state index contributed by atoms with van der Waals surface area (Å²) in [6.07, 6.45) is 3.72. The van der Waals surface area contributed by atoms with Gasteiger partial charge in [0, 0.05) is 17.1 Å². The highest BCUT2D eigenvalue weighted by molar-refractivity contribution is 7.11. The molecule has 2 rings (SSSR count). The summed E-state index contributed by atoms with van der Waals surface area (Å²) in [5.74, 6) is 0. The third-order valence-electron chi connectivity index (χ3n) is 4.34. The van der Waals surface area contributed by atoms with Crippen LogP contribution in [0.1, 0.15) is 68.3 Å². The molecule has 6 heteroatoms. The van der Waals surface area contributed by atoms with E-state index in [-0.39, 0.29) is 11.5 Å². The second-order valence-corrected chi connectivity index (χ2v) is 7.23. The van der Waals surface area contributed by atoms with Gasteiger partial charge in [-0.3, -0.25) is 0 Å². The molecule has 0 amide bonds. The summed E-state index contributed by atoms with van der Waals surface area (Å²) in [6.45, 7) is 5.09. The molecule has 21 heavy (non-hydrogen) atoms. The summed E-state index contributed by atoms with van der Waals surface area (Å²) in [7, 11) is 0. The topological polar surface area (TPSA) is 24.9 Å². The number of rotatable bonds is 5. The number of nitrogens with zero attached hydrogens (tertiary/aromatic N) is 1. The molecular formula is C15H23F3N2S. The van der Waals surface area contributed by atoms with Gasteiger partial charge in [-0.2, -0.15) is 13.2 Å². The highest BCUT2D eigenvalue weighted by atomic mass is 32.1. The van der Waals surface area contributed by atoms with Gasteiger partial charge in [-0.15, -0.1) is 11.3 Å². The summed E-state index contributed by atoms with van der Waals surface area (Å²) >= 11 is 0.792. The number of nitrogens with one attached hydrogen (secondary N) is 1. The zero-order valence-corrected chi connectivity index (χ0v) is 13.4. The Balaban J connectivity index is 2.24. The normalized spacial score (nSPS) is 20.4. The Kier molecular flexibility index (Phi) is 5.30. The van der Waals surface area contributed by atoms with Gasteiger partial charge in [-0.05, 0) is 31.2 Å². The monoisotopic (exact) mass is 320 g/mol. The number of alkyl halides is 3. The van der Waals surface area contributed by atoms with Gasteiger partial charge in [0.2, 0.25) is 0 Å². The molecule has 1 aromatic heterocycles. The molecule has 2 nitrogen and oxygen atoms in total. The van der Waals surface area contributed by atoms with E-state index in [0.717, 1.165) is 54.9 Å². The predicted octanol–water partition coefficient (Wildman–Crippen LogP) is 5.17. The van der Waals surface area contributed by atoms with Crippen LogP contribution in [0.3, 0.4) is 0 Å². The fourth-order valence-corrected chi connectivity index (χ4v) is 4.21. The highest BCUT2D eigenvalue weighted by Crippen LogP contribution is 2.47. The largest absolute Gasteiger partial charge is 0.443 e. The van der Waals surface area contributed by atoms with Gasteiger partial charge in [0.1, 0.15) is 0 Å². The van der Waals surface area contributed by atoms with Crippen molar-refractivity contribution in [3.05, 3.63) is 16.1 Å². The maximum atomic E-state index is 12.8. The number of halogens is 3. The Bertz CT molecular complexity index is 450. The molecule has 1 aromatic rings. The Morgan fingerprint density at radius 1 is 1.33 bits per heavy atom. The van der Waals surface area contributed by atoms with E-state index in [0.29, 0.717) is 0 Å². The SMILES string of the molecule is CCCNC(c1cnc(C(F)(F)F)s1)C1(C)CCCCC1. The molecule has 1 aliphatic carbocycles. The van der Waals surface area contributed by atoms with Gasteiger partial charge in [-0.1, -0.05) is 33.1 Å². The van der Waals surface area contributed by atoms with Gasteiger partial charge >= 0.3 is 6.18 Å². The van der Waals surface area contributed by atoms with Crippen LogP contribution in [-0.4, -0.2) is 11.5 Å². The standard InChI is InChI=1S/C15H23F3N2S/c1-3-9-19-12(14(2)7-5-4-6-8-14)11-10-20-13(21-11)15(16,17)18/h10,12,19H,3-9H2,1-2H3. The first-order valence-corrected chi connectivity index (χ1v) is 8.45. The van der Waals surface area contributed by atoms with Crippen molar-refractivity contribution in [2.45, 2.75) is 64.6 Å². The van der Waals surface area contributed by atoms with Crippen LogP contribution in [0.2, 0.25) is 0 Å². The van der Waals surface area contributed by atoms with E-state index in [1.165, 1.54) is 12.6 Å². The summed E-state index contributed by atoms with van der Waals surface area (Å²) in [4.78, 5) is 4.32. The van der Waals surface area contributed by atoms with Crippen LogP contribution in [0.5, 0.6) is 0 Å². The van der Waals surface area contributed by atoms with Gasteiger partial charge in [-0.25, -0.2) is 4.98 Å². The first-order chi connectivity index (χ1) is 9.87. The quantitative estimate of drug-likeness (QED) is 0.809. The van der Waals surface area contributed by atoms with E-state index in [1.807, 2.05) is 0 Å². The second-order valence-electron chi connectivity index (χ2n) is 6.17. The minimum atomic E-state index is -4.34. The summed E-state index contributed by atoms with van der Waals surface area (Å²) in [6, 6.07) is -0.0219. The average molecular weight is 320 g/mol. The van der Waals surface area contributed by atoms with E-state index in [2.05, 4.69) is 24.1 Å². The molecule has 1 N–H and O–H groups in total. The van der Waals surface area contributed by atoms with Crippen molar-refractivity contribution in [1.29, 1.82) is 0 Å². The summed E-state index contributed by atoms with van der Waals surface area (Å²) in [5, 5.41) is 2.73.